The van der Waals surface area contributed by atoms with Crippen LogP contribution >= 0.6 is 0 Å². The minimum absolute atomic E-state index is 0.0717. The van der Waals surface area contributed by atoms with Crippen LogP contribution in [0.15, 0.2) is 24.3 Å². The van der Waals surface area contributed by atoms with Gasteiger partial charge in [0.15, 0.2) is 0 Å². The van der Waals surface area contributed by atoms with Gasteiger partial charge in [-0.15, -0.1) is 0 Å². The number of methoxy groups -OCH3 is 1. The normalized spacial score (nSPS) is 12.1. The predicted molar refractivity (Wildman–Crippen MR) is 63.1 cm³/mol. The summed E-state index contributed by atoms with van der Waals surface area (Å²) in [5, 5.41) is 3.22. The number of primary amides is 1. The monoisotopic (exact) mass is 222 g/mol. The van der Waals surface area contributed by atoms with E-state index in [4.69, 9.17) is 10.5 Å². The maximum absolute atomic E-state index is 10.7. The quantitative estimate of drug-likeness (QED) is 0.756. The Labute approximate surface area is 95.8 Å². The molecule has 3 N–H and O–H groups in total. The van der Waals surface area contributed by atoms with Gasteiger partial charge in [0, 0.05) is 24.6 Å². The SMILES string of the molecule is COc1ccccc1CNC(C)CC(N)=O. The predicted octanol–water partition coefficient (Wildman–Crippen LogP) is 1.05. The Kier molecular flexibility index (Phi) is 4.79. The van der Waals surface area contributed by atoms with Crippen LogP contribution in [-0.4, -0.2) is 19.1 Å². The summed E-state index contributed by atoms with van der Waals surface area (Å²) in [4.78, 5) is 10.7. The topological polar surface area (TPSA) is 64.3 Å². The Bertz CT molecular complexity index is 353. The average molecular weight is 222 g/mol. The van der Waals surface area contributed by atoms with Gasteiger partial charge in [-0.1, -0.05) is 18.2 Å². The van der Waals surface area contributed by atoms with Crippen molar-refractivity contribution in [3.63, 3.8) is 0 Å². The molecule has 0 saturated carbocycles. The van der Waals surface area contributed by atoms with Crippen LogP contribution in [0.5, 0.6) is 5.75 Å². The third kappa shape index (κ3) is 3.90. The molecule has 0 fully saturated rings. The van der Waals surface area contributed by atoms with Gasteiger partial charge < -0.3 is 15.8 Å². The van der Waals surface area contributed by atoms with E-state index in [0.29, 0.717) is 13.0 Å². The van der Waals surface area contributed by atoms with E-state index in [9.17, 15) is 4.79 Å². The molecule has 4 nitrogen and oxygen atoms in total. The molecule has 0 aliphatic heterocycles. The fourth-order valence-corrected chi connectivity index (χ4v) is 1.51. The number of carbonyl (C=O) groups excluding carboxylic acids is 1. The zero-order valence-electron chi connectivity index (χ0n) is 9.69. The van der Waals surface area contributed by atoms with Gasteiger partial charge in [0.25, 0.3) is 0 Å². The van der Waals surface area contributed by atoms with Gasteiger partial charge in [0.05, 0.1) is 7.11 Å². The van der Waals surface area contributed by atoms with Crippen LogP contribution in [-0.2, 0) is 11.3 Å². The van der Waals surface area contributed by atoms with Crippen molar-refractivity contribution in [1.82, 2.24) is 5.32 Å². The lowest BCUT2D eigenvalue weighted by atomic mass is 10.1. The largest absolute Gasteiger partial charge is 0.496 e. The number of nitrogens with one attached hydrogen (secondary N) is 1. The summed E-state index contributed by atoms with van der Waals surface area (Å²) in [6.07, 6.45) is 0.342. The van der Waals surface area contributed by atoms with Gasteiger partial charge in [0.1, 0.15) is 5.75 Å². The first-order valence-corrected chi connectivity index (χ1v) is 5.27. The summed E-state index contributed by atoms with van der Waals surface area (Å²) in [6, 6.07) is 7.86. The Balaban J connectivity index is 2.50. The first-order chi connectivity index (χ1) is 7.63. The second kappa shape index (κ2) is 6.12. The molecule has 0 aliphatic carbocycles. The molecular weight excluding hydrogens is 204 g/mol. The molecule has 0 aromatic heterocycles. The number of hydrogen-bond donors (Lipinski definition) is 2. The number of rotatable bonds is 6. The molecule has 4 heteroatoms. The molecular formula is C12H18N2O2. The number of benzene rings is 1. The van der Waals surface area contributed by atoms with Crippen molar-refractivity contribution in [2.45, 2.75) is 25.9 Å². The van der Waals surface area contributed by atoms with Crippen molar-refractivity contribution in [2.24, 2.45) is 5.73 Å². The van der Waals surface area contributed by atoms with Gasteiger partial charge in [-0.05, 0) is 13.0 Å². The van der Waals surface area contributed by atoms with Crippen LogP contribution in [0.4, 0.5) is 0 Å². The lowest BCUT2D eigenvalue weighted by Gasteiger charge is -2.13. The summed E-state index contributed by atoms with van der Waals surface area (Å²) < 4.78 is 5.23. The highest BCUT2D eigenvalue weighted by Crippen LogP contribution is 2.16. The average Bonchev–Trinajstić information content (AvgIpc) is 2.26. The molecule has 0 saturated heterocycles. The zero-order chi connectivity index (χ0) is 12.0. The van der Waals surface area contributed by atoms with E-state index >= 15 is 0 Å². The second-order valence-electron chi connectivity index (χ2n) is 3.76. The van der Waals surface area contributed by atoms with Crippen LogP contribution in [0, 0.1) is 0 Å². The molecule has 1 aromatic rings. The van der Waals surface area contributed by atoms with Crippen molar-refractivity contribution in [3.8, 4) is 5.75 Å². The summed E-state index contributed by atoms with van der Waals surface area (Å²) in [6.45, 7) is 2.60. The van der Waals surface area contributed by atoms with Crippen LogP contribution in [0.2, 0.25) is 0 Å². The fourth-order valence-electron chi connectivity index (χ4n) is 1.51. The Morgan fingerprint density at radius 2 is 2.19 bits per heavy atom. The summed E-state index contributed by atoms with van der Waals surface area (Å²) >= 11 is 0. The lowest BCUT2D eigenvalue weighted by Crippen LogP contribution is -2.30. The molecule has 0 radical (unpaired) electrons. The standard InChI is InChI=1S/C12H18N2O2/c1-9(7-12(13)15)14-8-10-5-3-4-6-11(10)16-2/h3-6,9,14H,7-8H2,1-2H3,(H2,13,15). The maximum atomic E-state index is 10.7. The smallest absolute Gasteiger partial charge is 0.218 e. The molecule has 16 heavy (non-hydrogen) atoms. The Morgan fingerprint density at radius 1 is 1.50 bits per heavy atom. The minimum atomic E-state index is -0.292. The van der Waals surface area contributed by atoms with Crippen LogP contribution < -0.4 is 15.8 Å². The molecule has 0 bridgehead atoms. The molecule has 0 aliphatic rings. The molecule has 0 spiro atoms. The van der Waals surface area contributed by atoms with Gasteiger partial charge in [-0.25, -0.2) is 0 Å². The molecule has 0 heterocycles. The molecule has 1 aromatic carbocycles. The summed E-state index contributed by atoms with van der Waals surface area (Å²) in [5.41, 5.74) is 6.19. The van der Waals surface area contributed by atoms with Crippen molar-refractivity contribution >= 4 is 5.91 Å². The Morgan fingerprint density at radius 3 is 2.81 bits per heavy atom. The van der Waals surface area contributed by atoms with Crippen molar-refractivity contribution < 1.29 is 9.53 Å². The van der Waals surface area contributed by atoms with Crippen LogP contribution in [0.1, 0.15) is 18.9 Å². The number of nitrogens with two attached hydrogens (primary N) is 1. The molecule has 1 rings (SSSR count). The van der Waals surface area contributed by atoms with E-state index in [-0.39, 0.29) is 11.9 Å². The van der Waals surface area contributed by atoms with Crippen LogP contribution in [0.3, 0.4) is 0 Å². The third-order valence-corrected chi connectivity index (χ3v) is 2.34. The van der Waals surface area contributed by atoms with E-state index < -0.39 is 0 Å². The third-order valence-electron chi connectivity index (χ3n) is 2.34. The van der Waals surface area contributed by atoms with Crippen molar-refractivity contribution in [1.29, 1.82) is 0 Å². The minimum Gasteiger partial charge on any atom is -0.496 e. The van der Waals surface area contributed by atoms with E-state index in [1.165, 1.54) is 0 Å². The summed E-state index contributed by atoms with van der Waals surface area (Å²) in [7, 11) is 1.64. The van der Waals surface area contributed by atoms with E-state index in [1.54, 1.807) is 7.11 Å². The van der Waals surface area contributed by atoms with Gasteiger partial charge in [-0.2, -0.15) is 0 Å². The number of hydrogen-bond acceptors (Lipinski definition) is 3. The van der Waals surface area contributed by atoms with E-state index in [1.807, 2.05) is 31.2 Å². The molecule has 1 unspecified atom stereocenters. The summed E-state index contributed by atoms with van der Waals surface area (Å²) in [5.74, 6) is 0.557. The van der Waals surface area contributed by atoms with Gasteiger partial charge in [-0.3, -0.25) is 4.79 Å². The van der Waals surface area contributed by atoms with E-state index in [2.05, 4.69) is 5.32 Å². The first-order valence-electron chi connectivity index (χ1n) is 5.27. The molecule has 88 valence electrons. The highest BCUT2D eigenvalue weighted by atomic mass is 16.5. The number of para-hydroxylation sites is 1. The maximum Gasteiger partial charge on any atom is 0.218 e. The number of ether oxygens (including phenoxy) is 1. The molecule has 1 amide bonds. The first kappa shape index (κ1) is 12.5. The second-order valence-corrected chi connectivity index (χ2v) is 3.76. The Hall–Kier alpha value is -1.55. The zero-order valence-corrected chi connectivity index (χ0v) is 9.69. The lowest BCUT2D eigenvalue weighted by molar-refractivity contribution is -0.118. The number of amides is 1. The van der Waals surface area contributed by atoms with E-state index in [0.717, 1.165) is 11.3 Å². The van der Waals surface area contributed by atoms with Gasteiger partial charge >= 0.3 is 0 Å². The van der Waals surface area contributed by atoms with Gasteiger partial charge in [0.2, 0.25) is 5.91 Å². The fraction of sp³-hybridized carbons (Fsp3) is 0.417. The molecule has 1 atom stereocenters. The number of carbonyl (C=O) groups is 1. The van der Waals surface area contributed by atoms with Crippen molar-refractivity contribution in [3.05, 3.63) is 29.8 Å². The highest BCUT2D eigenvalue weighted by molar-refractivity contribution is 5.74. The highest BCUT2D eigenvalue weighted by Gasteiger charge is 2.07. The van der Waals surface area contributed by atoms with Crippen LogP contribution in [0.25, 0.3) is 0 Å². The van der Waals surface area contributed by atoms with Crippen molar-refractivity contribution in [2.75, 3.05) is 7.11 Å².